The summed E-state index contributed by atoms with van der Waals surface area (Å²) < 4.78 is 22.9. The number of allylic oxidation sites excluding steroid dienone is 2. The molecular formula is C25H25BrN2O5. The Morgan fingerprint density at radius 3 is 2.55 bits per heavy atom. The molecule has 1 aliphatic heterocycles. The quantitative estimate of drug-likeness (QED) is 0.521. The number of nitrogens with two attached hydrogens (primary N) is 1. The lowest BCUT2D eigenvalue weighted by Gasteiger charge is -2.27. The maximum absolute atomic E-state index is 12.7. The number of aryl methyl sites for hydroxylation is 1. The molecule has 1 aliphatic rings. The van der Waals surface area contributed by atoms with Crippen molar-refractivity contribution in [3.8, 4) is 17.6 Å². The van der Waals surface area contributed by atoms with Gasteiger partial charge >= 0.3 is 5.97 Å². The van der Waals surface area contributed by atoms with Gasteiger partial charge in [-0.25, -0.2) is 4.79 Å². The van der Waals surface area contributed by atoms with Crippen LogP contribution in [-0.4, -0.2) is 19.7 Å². The van der Waals surface area contributed by atoms with Crippen LogP contribution in [0.2, 0.25) is 0 Å². The third kappa shape index (κ3) is 5.15. The molecule has 0 amide bonds. The first-order chi connectivity index (χ1) is 15.8. The van der Waals surface area contributed by atoms with Gasteiger partial charge in [0.05, 0.1) is 29.7 Å². The number of hydrogen-bond donors (Lipinski definition) is 1. The lowest BCUT2D eigenvalue weighted by atomic mass is 9.83. The van der Waals surface area contributed by atoms with Gasteiger partial charge < -0.3 is 24.7 Å². The zero-order valence-corrected chi connectivity index (χ0v) is 20.5. The lowest BCUT2D eigenvalue weighted by Crippen LogP contribution is -2.25. The molecule has 2 aromatic carbocycles. The molecule has 1 unspecified atom stereocenters. The van der Waals surface area contributed by atoms with Crippen LogP contribution in [0.4, 0.5) is 0 Å². The molecule has 33 heavy (non-hydrogen) atoms. The summed E-state index contributed by atoms with van der Waals surface area (Å²) in [6.45, 7) is 5.88. The Hall–Kier alpha value is -3.44. The van der Waals surface area contributed by atoms with Gasteiger partial charge in [-0.3, -0.25) is 0 Å². The lowest BCUT2D eigenvalue weighted by molar-refractivity contribution is -0.139. The number of hydrogen-bond acceptors (Lipinski definition) is 7. The maximum Gasteiger partial charge on any atom is 0.338 e. The van der Waals surface area contributed by atoms with Crippen LogP contribution < -0.4 is 15.2 Å². The minimum atomic E-state index is -0.779. The van der Waals surface area contributed by atoms with Crippen LogP contribution in [0.25, 0.3) is 0 Å². The number of methoxy groups -OCH3 is 1. The summed E-state index contributed by atoms with van der Waals surface area (Å²) in [6.07, 6.45) is 0. The number of carbonyl (C=O) groups excluding carboxylic acids is 1. The molecule has 8 heteroatoms. The molecule has 2 aromatic rings. The van der Waals surface area contributed by atoms with E-state index in [1.54, 1.807) is 26.0 Å². The highest BCUT2D eigenvalue weighted by atomic mass is 79.9. The molecule has 0 aliphatic carbocycles. The molecule has 0 saturated carbocycles. The number of halogens is 1. The normalized spacial score (nSPS) is 15.6. The van der Waals surface area contributed by atoms with Gasteiger partial charge in [0.2, 0.25) is 5.88 Å². The first-order valence-electron chi connectivity index (χ1n) is 10.3. The highest BCUT2D eigenvalue weighted by Gasteiger charge is 2.37. The smallest absolute Gasteiger partial charge is 0.338 e. The predicted octanol–water partition coefficient (Wildman–Crippen LogP) is 4.99. The average molecular weight is 513 g/mol. The average Bonchev–Trinajstić information content (AvgIpc) is 2.78. The minimum absolute atomic E-state index is 0.0529. The van der Waals surface area contributed by atoms with E-state index < -0.39 is 11.9 Å². The topological polar surface area (TPSA) is 104 Å². The number of benzene rings is 2. The SMILES string of the molecule is CCOC(=O)C1=C(C)OC(N)=C(C#N)C1c1cc(Br)c(OCc2ccc(C)cc2)c(OC)c1. The van der Waals surface area contributed by atoms with E-state index in [2.05, 4.69) is 22.0 Å². The summed E-state index contributed by atoms with van der Waals surface area (Å²) in [5.74, 6) is -0.181. The summed E-state index contributed by atoms with van der Waals surface area (Å²) in [4.78, 5) is 12.7. The molecule has 1 heterocycles. The fourth-order valence-corrected chi connectivity index (χ4v) is 4.15. The maximum atomic E-state index is 12.7. The fraction of sp³-hybridized carbons (Fsp3) is 0.280. The standard InChI is InChI=1S/C25H25BrN2O5/c1-5-31-25(29)21-15(3)33-24(28)18(12-27)22(21)17-10-19(26)23(20(11-17)30-4)32-13-16-8-6-14(2)7-9-16/h6-11,22H,5,13,28H2,1-4H3. The Labute approximate surface area is 201 Å². The van der Waals surface area contributed by atoms with E-state index in [1.807, 2.05) is 31.2 Å². The Kier molecular flexibility index (Phi) is 7.67. The van der Waals surface area contributed by atoms with E-state index in [9.17, 15) is 10.1 Å². The molecule has 0 radical (unpaired) electrons. The van der Waals surface area contributed by atoms with Gasteiger partial charge in [-0.2, -0.15) is 5.26 Å². The van der Waals surface area contributed by atoms with Crippen LogP contribution in [0.1, 0.15) is 36.5 Å². The van der Waals surface area contributed by atoms with E-state index in [0.717, 1.165) is 5.56 Å². The van der Waals surface area contributed by atoms with Crippen molar-refractivity contribution < 1.29 is 23.7 Å². The zero-order valence-electron chi connectivity index (χ0n) is 18.9. The van der Waals surface area contributed by atoms with Crippen LogP contribution in [0.15, 0.2) is 63.7 Å². The number of carbonyl (C=O) groups is 1. The van der Waals surface area contributed by atoms with Crippen molar-refractivity contribution >= 4 is 21.9 Å². The van der Waals surface area contributed by atoms with Crippen LogP contribution in [0.5, 0.6) is 11.5 Å². The molecule has 7 nitrogen and oxygen atoms in total. The summed E-state index contributed by atoms with van der Waals surface area (Å²) in [5, 5.41) is 9.78. The Morgan fingerprint density at radius 1 is 1.24 bits per heavy atom. The Morgan fingerprint density at radius 2 is 1.94 bits per heavy atom. The van der Waals surface area contributed by atoms with E-state index in [1.165, 1.54) is 12.7 Å². The first-order valence-corrected chi connectivity index (χ1v) is 11.1. The second-order valence-corrected chi connectivity index (χ2v) is 8.28. The van der Waals surface area contributed by atoms with Gasteiger partial charge in [0.15, 0.2) is 11.5 Å². The van der Waals surface area contributed by atoms with Gasteiger partial charge in [0.25, 0.3) is 0 Å². The monoisotopic (exact) mass is 512 g/mol. The van der Waals surface area contributed by atoms with Crippen molar-refractivity contribution in [1.29, 1.82) is 5.26 Å². The third-order valence-electron chi connectivity index (χ3n) is 5.19. The Balaban J connectivity index is 2.03. The molecular weight excluding hydrogens is 488 g/mol. The van der Waals surface area contributed by atoms with E-state index in [4.69, 9.17) is 24.7 Å². The zero-order chi connectivity index (χ0) is 24.1. The van der Waals surface area contributed by atoms with Crippen LogP contribution in [-0.2, 0) is 20.9 Å². The molecule has 1 atom stereocenters. The molecule has 0 spiro atoms. The molecule has 0 bridgehead atoms. The number of ether oxygens (including phenoxy) is 4. The van der Waals surface area contributed by atoms with Crippen molar-refractivity contribution in [3.63, 3.8) is 0 Å². The second-order valence-electron chi connectivity index (χ2n) is 7.42. The van der Waals surface area contributed by atoms with Gasteiger partial charge in [-0.05, 0) is 60.0 Å². The fourth-order valence-electron chi connectivity index (χ4n) is 3.57. The summed E-state index contributed by atoms with van der Waals surface area (Å²) in [6, 6.07) is 13.6. The van der Waals surface area contributed by atoms with Gasteiger partial charge in [-0.15, -0.1) is 0 Å². The largest absolute Gasteiger partial charge is 0.493 e. The summed E-state index contributed by atoms with van der Waals surface area (Å²) >= 11 is 3.55. The number of esters is 1. The molecule has 0 fully saturated rings. The van der Waals surface area contributed by atoms with Crippen LogP contribution in [0.3, 0.4) is 0 Å². The molecule has 172 valence electrons. The third-order valence-corrected chi connectivity index (χ3v) is 5.78. The summed E-state index contributed by atoms with van der Waals surface area (Å²) in [5.41, 5.74) is 9.09. The van der Waals surface area contributed by atoms with E-state index in [-0.39, 0.29) is 29.4 Å². The molecule has 0 saturated heterocycles. The van der Waals surface area contributed by atoms with Crippen molar-refractivity contribution in [2.75, 3.05) is 13.7 Å². The number of rotatable bonds is 7. The Bertz CT molecular complexity index is 1160. The van der Waals surface area contributed by atoms with E-state index in [0.29, 0.717) is 28.1 Å². The highest BCUT2D eigenvalue weighted by Crippen LogP contribution is 2.45. The van der Waals surface area contributed by atoms with Crippen molar-refractivity contribution in [3.05, 3.63) is 80.3 Å². The van der Waals surface area contributed by atoms with Crippen molar-refractivity contribution in [1.82, 2.24) is 0 Å². The van der Waals surface area contributed by atoms with E-state index >= 15 is 0 Å². The first kappa shape index (κ1) is 24.2. The molecule has 2 N–H and O–H groups in total. The number of nitrogens with zero attached hydrogens (tertiary/aromatic N) is 1. The van der Waals surface area contributed by atoms with Gasteiger partial charge in [-0.1, -0.05) is 29.8 Å². The van der Waals surface area contributed by atoms with Crippen molar-refractivity contribution in [2.24, 2.45) is 5.73 Å². The predicted molar refractivity (Wildman–Crippen MR) is 126 cm³/mol. The second kappa shape index (κ2) is 10.5. The van der Waals surface area contributed by atoms with Crippen LogP contribution >= 0.6 is 15.9 Å². The molecule has 0 aromatic heterocycles. The highest BCUT2D eigenvalue weighted by molar-refractivity contribution is 9.10. The molecule has 3 rings (SSSR count). The van der Waals surface area contributed by atoms with Gasteiger partial charge in [0.1, 0.15) is 24.0 Å². The summed E-state index contributed by atoms with van der Waals surface area (Å²) in [7, 11) is 1.52. The van der Waals surface area contributed by atoms with Crippen molar-refractivity contribution in [2.45, 2.75) is 33.3 Å². The number of nitriles is 1. The van der Waals surface area contributed by atoms with Gasteiger partial charge in [0, 0.05) is 0 Å². The van der Waals surface area contributed by atoms with Crippen LogP contribution in [0, 0.1) is 18.3 Å². The minimum Gasteiger partial charge on any atom is -0.493 e.